The average Bonchev–Trinajstić information content (AvgIpc) is 2.77. The van der Waals surface area contributed by atoms with Crippen molar-refractivity contribution >= 4 is 28.8 Å². The number of amides is 1. The fraction of sp³-hybridized carbons (Fsp3) is 0.154. The molecular formula is C13H10ClF2NOS. The van der Waals surface area contributed by atoms with Crippen molar-refractivity contribution in [1.82, 2.24) is 4.90 Å². The molecule has 0 fully saturated rings. The van der Waals surface area contributed by atoms with Crippen molar-refractivity contribution in [3.63, 3.8) is 0 Å². The van der Waals surface area contributed by atoms with Gasteiger partial charge < -0.3 is 4.90 Å². The molecule has 1 heterocycles. The maximum Gasteiger partial charge on any atom is 0.257 e. The summed E-state index contributed by atoms with van der Waals surface area (Å²) >= 11 is 7.13. The van der Waals surface area contributed by atoms with Crippen LogP contribution in [0.4, 0.5) is 8.78 Å². The van der Waals surface area contributed by atoms with E-state index in [0.717, 1.165) is 10.9 Å². The number of carbonyl (C=O) groups excluding carboxylic acids is 1. The topological polar surface area (TPSA) is 20.3 Å². The molecule has 0 aliphatic rings. The summed E-state index contributed by atoms with van der Waals surface area (Å²) in [6.07, 6.45) is 0. The molecule has 1 aromatic heterocycles. The fourth-order valence-corrected chi connectivity index (χ4v) is 2.76. The average molecular weight is 302 g/mol. The number of benzene rings is 1. The van der Waals surface area contributed by atoms with Crippen LogP contribution in [0.15, 0.2) is 30.3 Å². The van der Waals surface area contributed by atoms with Gasteiger partial charge in [0.2, 0.25) is 0 Å². The lowest BCUT2D eigenvalue weighted by Gasteiger charge is -2.16. The number of carbonyl (C=O) groups is 1. The van der Waals surface area contributed by atoms with Crippen LogP contribution in [-0.4, -0.2) is 17.9 Å². The van der Waals surface area contributed by atoms with Crippen LogP contribution in [0, 0.1) is 11.6 Å². The lowest BCUT2D eigenvalue weighted by Crippen LogP contribution is -2.26. The SMILES string of the molecule is CN(Cc1ccc(Cl)s1)C(=O)c1cccc(F)c1F. The van der Waals surface area contributed by atoms with Crippen LogP contribution >= 0.6 is 22.9 Å². The van der Waals surface area contributed by atoms with E-state index in [4.69, 9.17) is 11.6 Å². The molecule has 0 N–H and O–H groups in total. The largest absolute Gasteiger partial charge is 0.336 e. The third-order valence-electron chi connectivity index (χ3n) is 2.55. The Morgan fingerprint density at radius 1 is 1.32 bits per heavy atom. The van der Waals surface area contributed by atoms with Crippen molar-refractivity contribution in [2.45, 2.75) is 6.54 Å². The van der Waals surface area contributed by atoms with Crippen molar-refractivity contribution in [1.29, 1.82) is 0 Å². The number of rotatable bonds is 3. The first-order valence-corrected chi connectivity index (χ1v) is 6.62. The molecule has 0 aliphatic carbocycles. The molecule has 2 aromatic rings. The Balaban J connectivity index is 2.17. The van der Waals surface area contributed by atoms with Gasteiger partial charge in [-0.05, 0) is 24.3 Å². The molecule has 0 saturated heterocycles. The minimum Gasteiger partial charge on any atom is -0.336 e. The first kappa shape index (κ1) is 14.0. The number of hydrogen-bond acceptors (Lipinski definition) is 2. The molecule has 2 nitrogen and oxygen atoms in total. The highest BCUT2D eigenvalue weighted by Crippen LogP contribution is 2.23. The van der Waals surface area contributed by atoms with Crippen LogP contribution in [0.1, 0.15) is 15.2 Å². The summed E-state index contributed by atoms with van der Waals surface area (Å²) in [7, 11) is 1.53. The van der Waals surface area contributed by atoms with Crippen molar-refractivity contribution in [2.24, 2.45) is 0 Å². The zero-order valence-corrected chi connectivity index (χ0v) is 11.6. The van der Waals surface area contributed by atoms with Gasteiger partial charge in [-0.1, -0.05) is 17.7 Å². The van der Waals surface area contributed by atoms with E-state index < -0.39 is 17.5 Å². The number of nitrogens with zero attached hydrogens (tertiary/aromatic N) is 1. The Hall–Kier alpha value is -1.46. The zero-order valence-electron chi connectivity index (χ0n) is 9.99. The van der Waals surface area contributed by atoms with Gasteiger partial charge >= 0.3 is 0 Å². The molecule has 2 rings (SSSR count). The van der Waals surface area contributed by atoms with Crippen LogP contribution in [-0.2, 0) is 6.54 Å². The highest BCUT2D eigenvalue weighted by atomic mass is 35.5. The van der Waals surface area contributed by atoms with Crippen LogP contribution in [0.25, 0.3) is 0 Å². The second kappa shape index (κ2) is 5.67. The van der Waals surface area contributed by atoms with Gasteiger partial charge in [-0.15, -0.1) is 11.3 Å². The summed E-state index contributed by atoms with van der Waals surface area (Å²) < 4.78 is 27.2. The van der Waals surface area contributed by atoms with Crippen molar-refractivity contribution in [2.75, 3.05) is 7.05 Å². The molecule has 0 unspecified atom stereocenters. The monoisotopic (exact) mass is 301 g/mol. The van der Waals surface area contributed by atoms with Crippen molar-refractivity contribution in [3.05, 3.63) is 56.7 Å². The van der Waals surface area contributed by atoms with Gasteiger partial charge in [0.05, 0.1) is 16.4 Å². The standard InChI is InChI=1S/C13H10ClF2NOS/c1-17(7-8-5-6-11(14)19-8)13(18)9-3-2-4-10(15)12(9)16/h2-6H,7H2,1H3. The van der Waals surface area contributed by atoms with Crippen molar-refractivity contribution in [3.8, 4) is 0 Å². The summed E-state index contributed by atoms with van der Waals surface area (Å²) in [6.45, 7) is 0.298. The molecule has 0 radical (unpaired) electrons. The Kier molecular flexibility index (Phi) is 4.17. The van der Waals surface area contributed by atoms with Gasteiger partial charge in [0, 0.05) is 11.9 Å². The van der Waals surface area contributed by atoms with E-state index in [-0.39, 0.29) is 5.56 Å². The van der Waals surface area contributed by atoms with E-state index in [1.807, 2.05) is 0 Å². The Morgan fingerprint density at radius 2 is 2.05 bits per heavy atom. The quantitative estimate of drug-likeness (QED) is 0.840. The molecular weight excluding hydrogens is 292 g/mol. The molecule has 19 heavy (non-hydrogen) atoms. The lowest BCUT2D eigenvalue weighted by molar-refractivity contribution is 0.0780. The molecule has 6 heteroatoms. The van der Waals surface area contributed by atoms with E-state index >= 15 is 0 Å². The molecule has 0 atom stereocenters. The number of halogens is 3. The van der Waals surface area contributed by atoms with Gasteiger partial charge in [0.25, 0.3) is 5.91 Å². The molecule has 0 spiro atoms. The van der Waals surface area contributed by atoms with Crippen LogP contribution in [0.5, 0.6) is 0 Å². The minimum absolute atomic E-state index is 0.273. The molecule has 0 aliphatic heterocycles. The van der Waals surface area contributed by atoms with E-state index in [1.54, 1.807) is 12.1 Å². The summed E-state index contributed by atoms with van der Waals surface area (Å²) in [5, 5.41) is 0. The van der Waals surface area contributed by atoms with Crippen LogP contribution in [0.2, 0.25) is 4.34 Å². The number of hydrogen-bond donors (Lipinski definition) is 0. The predicted octanol–water partition coefficient (Wildman–Crippen LogP) is 3.95. The Labute approximate surface area is 118 Å². The highest BCUT2D eigenvalue weighted by molar-refractivity contribution is 7.16. The van der Waals surface area contributed by atoms with Gasteiger partial charge in [0.15, 0.2) is 11.6 Å². The van der Waals surface area contributed by atoms with Gasteiger partial charge in [-0.25, -0.2) is 8.78 Å². The van der Waals surface area contributed by atoms with E-state index in [9.17, 15) is 13.6 Å². The van der Waals surface area contributed by atoms with Crippen molar-refractivity contribution < 1.29 is 13.6 Å². The summed E-state index contributed by atoms with van der Waals surface area (Å²) in [6, 6.07) is 7.06. The molecule has 0 saturated carbocycles. The van der Waals surface area contributed by atoms with Crippen LogP contribution in [0.3, 0.4) is 0 Å². The summed E-state index contributed by atoms with van der Waals surface area (Å²) in [5.41, 5.74) is -0.273. The molecule has 1 amide bonds. The van der Waals surface area contributed by atoms with E-state index in [0.29, 0.717) is 10.9 Å². The number of thiophene rings is 1. The molecule has 1 aromatic carbocycles. The summed E-state index contributed by atoms with van der Waals surface area (Å²) in [5.74, 6) is -2.72. The first-order valence-electron chi connectivity index (χ1n) is 5.42. The van der Waals surface area contributed by atoms with Gasteiger partial charge in [-0.2, -0.15) is 0 Å². The first-order chi connectivity index (χ1) is 8.99. The third kappa shape index (κ3) is 3.11. The Bertz CT molecular complexity index is 614. The molecule has 100 valence electrons. The highest BCUT2D eigenvalue weighted by Gasteiger charge is 2.19. The van der Waals surface area contributed by atoms with E-state index in [1.165, 1.54) is 35.4 Å². The maximum atomic E-state index is 13.5. The molecule has 0 bridgehead atoms. The van der Waals surface area contributed by atoms with E-state index in [2.05, 4.69) is 0 Å². The normalized spacial score (nSPS) is 10.5. The summed E-state index contributed by atoms with van der Waals surface area (Å²) in [4.78, 5) is 14.2. The smallest absolute Gasteiger partial charge is 0.257 e. The minimum atomic E-state index is -1.12. The third-order valence-corrected chi connectivity index (χ3v) is 3.77. The maximum absolute atomic E-state index is 13.5. The lowest BCUT2D eigenvalue weighted by atomic mass is 10.2. The predicted molar refractivity (Wildman–Crippen MR) is 71.5 cm³/mol. The fourth-order valence-electron chi connectivity index (χ4n) is 1.62. The zero-order chi connectivity index (χ0) is 14.0. The second-order valence-corrected chi connectivity index (χ2v) is 5.77. The second-order valence-electron chi connectivity index (χ2n) is 3.97. The van der Waals surface area contributed by atoms with Gasteiger partial charge in [-0.3, -0.25) is 4.79 Å². The Morgan fingerprint density at radius 3 is 2.68 bits per heavy atom. The van der Waals surface area contributed by atoms with Crippen LogP contribution < -0.4 is 0 Å². The van der Waals surface area contributed by atoms with Gasteiger partial charge in [0.1, 0.15) is 0 Å².